The summed E-state index contributed by atoms with van der Waals surface area (Å²) in [5.41, 5.74) is 1.37. The van der Waals surface area contributed by atoms with Crippen LogP contribution >= 0.6 is 15.9 Å². The van der Waals surface area contributed by atoms with Gasteiger partial charge in [0.2, 0.25) is 0 Å². The minimum atomic E-state index is 0.444. The summed E-state index contributed by atoms with van der Waals surface area (Å²) in [6.45, 7) is 5.79. The normalized spacial score (nSPS) is 25.2. The highest BCUT2D eigenvalue weighted by Crippen LogP contribution is 2.30. The van der Waals surface area contributed by atoms with Crippen LogP contribution in [0, 0.1) is 11.8 Å². The topological polar surface area (TPSA) is 12.0 Å². The Labute approximate surface area is 126 Å². The zero-order chi connectivity index (χ0) is 13.7. The van der Waals surface area contributed by atoms with Crippen molar-refractivity contribution in [2.45, 2.75) is 52.0 Å². The quantitative estimate of drug-likeness (QED) is 0.773. The first-order valence-corrected chi connectivity index (χ1v) is 8.43. The Bertz CT molecular complexity index is 383. The Morgan fingerprint density at radius 1 is 1.26 bits per heavy atom. The Balaban J connectivity index is 1.70. The lowest BCUT2D eigenvalue weighted by molar-refractivity contribution is 0.273. The van der Waals surface area contributed by atoms with E-state index in [4.69, 9.17) is 0 Å². The van der Waals surface area contributed by atoms with Crippen molar-refractivity contribution in [3.63, 3.8) is 0 Å². The lowest BCUT2D eigenvalue weighted by Gasteiger charge is -2.26. The summed E-state index contributed by atoms with van der Waals surface area (Å²) in [6.07, 6.45) is 7.09. The van der Waals surface area contributed by atoms with Crippen molar-refractivity contribution in [2.24, 2.45) is 11.8 Å². The molecule has 19 heavy (non-hydrogen) atoms. The van der Waals surface area contributed by atoms with Crippen LogP contribution in [0.3, 0.4) is 0 Å². The molecule has 2 rings (SSSR count). The summed E-state index contributed by atoms with van der Waals surface area (Å²) in [6, 6.07) is 9.05. The average Bonchev–Trinajstić information content (AvgIpc) is 2.41. The second-order valence-electron chi connectivity index (χ2n) is 6.15. The first-order valence-electron chi connectivity index (χ1n) is 7.64. The molecule has 106 valence electrons. The maximum Gasteiger partial charge on any atom is 0.0292 e. The molecule has 1 nitrogen and oxygen atoms in total. The summed E-state index contributed by atoms with van der Waals surface area (Å²) in [5.74, 6) is 1.92. The summed E-state index contributed by atoms with van der Waals surface area (Å²) >= 11 is 3.54. The van der Waals surface area contributed by atoms with E-state index in [-0.39, 0.29) is 0 Å². The number of benzene rings is 1. The number of halogens is 1. The van der Waals surface area contributed by atoms with E-state index in [2.05, 4.69) is 59.4 Å². The van der Waals surface area contributed by atoms with E-state index in [0.29, 0.717) is 6.04 Å². The molecular formula is C17H26BrN. The van der Waals surface area contributed by atoms with Crippen LogP contribution in [0.1, 0.15) is 57.6 Å². The van der Waals surface area contributed by atoms with Crippen LogP contribution in [-0.2, 0) is 0 Å². The fourth-order valence-corrected chi connectivity index (χ4v) is 3.43. The average molecular weight is 324 g/mol. The number of rotatable bonds is 5. The second-order valence-corrected chi connectivity index (χ2v) is 7.06. The van der Waals surface area contributed by atoms with E-state index in [1.165, 1.54) is 42.1 Å². The minimum absolute atomic E-state index is 0.444. The van der Waals surface area contributed by atoms with Crippen molar-refractivity contribution < 1.29 is 0 Å². The molecule has 0 amide bonds. The van der Waals surface area contributed by atoms with Gasteiger partial charge in [0, 0.05) is 10.5 Å². The number of hydrogen-bond acceptors (Lipinski definition) is 1. The maximum atomic E-state index is 3.66. The van der Waals surface area contributed by atoms with Crippen LogP contribution in [0.15, 0.2) is 28.7 Å². The first kappa shape index (κ1) is 15.1. The van der Waals surface area contributed by atoms with Crippen molar-refractivity contribution in [3.8, 4) is 0 Å². The van der Waals surface area contributed by atoms with Gasteiger partial charge in [0.25, 0.3) is 0 Å². The lowest BCUT2D eigenvalue weighted by atomic mass is 9.81. The molecule has 1 N–H and O–H groups in total. The summed E-state index contributed by atoms with van der Waals surface area (Å²) < 4.78 is 1.17. The Hall–Kier alpha value is -0.340. The van der Waals surface area contributed by atoms with Gasteiger partial charge in [-0.15, -0.1) is 0 Å². The molecule has 0 bridgehead atoms. The standard InChI is InChI=1S/C17H26BrN/c1-13-6-8-15(9-7-13)10-11-19-14(2)16-4-3-5-17(18)12-16/h3-5,12-15,19H,6-11H2,1-2H3. The van der Waals surface area contributed by atoms with Crippen LogP contribution < -0.4 is 5.32 Å². The largest absolute Gasteiger partial charge is 0.310 e. The van der Waals surface area contributed by atoms with Gasteiger partial charge in [0.05, 0.1) is 0 Å². The van der Waals surface area contributed by atoms with Gasteiger partial charge >= 0.3 is 0 Å². The first-order chi connectivity index (χ1) is 9.15. The molecule has 1 aromatic carbocycles. The molecule has 0 aromatic heterocycles. The lowest BCUT2D eigenvalue weighted by Crippen LogP contribution is -2.23. The van der Waals surface area contributed by atoms with Gasteiger partial charge in [-0.2, -0.15) is 0 Å². The zero-order valence-electron chi connectivity index (χ0n) is 12.2. The van der Waals surface area contributed by atoms with E-state index < -0.39 is 0 Å². The van der Waals surface area contributed by atoms with Crippen LogP contribution in [0.5, 0.6) is 0 Å². The van der Waals surface area contributed by atoms with E-state index >= 15 is 0 Å². The molecule has 0 saturated heterocycles. The smallest absolute Gasteiger partial charge is 0.0292 e. The molecular weight excluding hydrogens is 298 g/mol. The highest BCUT2D eigenvalue weighted by molar-refractivity contribution is 9.10. The molecule has 0 radical (unpaired) electrons. The molecule has 1 fully saturated rings. The molecule has 2 heteroatoms. The summed E-state index contributed by atoms with van der Waals surface area (Å²) in [5, 5.41) is 3.66. The Morgan fingerprint density at radius 2 is 2.00 bits per heavy atom. The SMILES string of the molecule is CC1CCC(CCNC(C)c2cccc(Br)c2)CC1. The van der Waals surface area contributed by atoms with E-state index in [1.807, 2.05) is 0 Å². The van der Waals surface area contributed by atoms with Gasteiger partial charge in [-0.1, -0.05) is 60.7 Å². The van der Waals surface area contributed by atoms with Crippen molar-refractivity contribution in [1.82, 2.24) is 5.32 Å². The third-order valence-electron chi connectivity index (χ3n) is 4.49. The highest BCUT2D eigenvalue weighted by Gasteiger charge is 2.17. The molecule has 1 aliphatic carbocycles. The predicted molar refractivity (Wildman–Crippen MR) is 86.3 cm³/mol. The van der Waals surface area contributed by atoms with Crippen LogP contribution in [0.2, 0.25) is 0 Å². The monoisotopic (exact) mass is 323 g/mol. The van der Waals surface area contributed by atoms with Gasteiger partial charge in [-0.25, -0.2) is 0 Å². The van der Waals surface area contributed by atoms with Crippen molar-refractivity contribution in [1.29, 1.82) is 0 Å². The fourth-order valence-electron chi connectivity index (χ4n) is 3.02. The van der Waals surface area contributed by atoms with E-state index in [0.717, 1.165) is 18.4 Å². The Kier molecular flexibility index (Phi) is 5.90. The predicted octanol–water partition coefficient (Wildman–Crippen LogP) is 5.32. The van der Waals surface area contributed by atoms with Crippen LogP contribution in [0.25, 0.3) is 0 Å². The number of hydrogen-bond donors (Lipinski definition) is 1. The molecule has 1 saturated carbocycles. The second kappa shape index (κ2) is 7.44. The van der Waals surface area contributed by atoms with Gasteiger partial charge in [0.15, 0.2) is 0 Å². The van der Waals surface area contributed by atoms with Crippen molar-refractivity contribution >= 4 is 15.9 Å². The Morgan fingerprint density at radius 3 is 2.68 bits per heavy atom. The molecule has 1 aliphatic rings. The maximum absolute atomic E-state index is 3.66. The molecule has 1 atom stereocenters. The fraction of sp³-hybridized carbons (Fsp3) is 0.647. The molecule has 0 heterocycles. The van der Waals surface area contributed by atoms with Gasteiger partial charge in [-0.05, 0) is 49.4 Å². The number of nitrogens with one attached hydrogen (secondary N) is 1. The van der Waals surface area contributed by atoms with Gasteiger partial charge < -0.3 is 5.32 Å². The molecule has 1 unspecified atom stereocenters. The third kappa shape index (κ3) is 4.92. The molecule has 1 aromatic rings. The highest BCUT2D eigenvalue weighted by atomic mass is 79.9. The van der Waals surface area contributed by atoms with E-state index in [9.17, 15) is 0 Å². The van der Waals surface area contributed by atoms with E-state index in [1.54, 1.807) is 0 Å². The summed E-state index contributed by atoms with van der Waals surface area (Å²) in [7, 11) is 0. The minimum Gasteiger partial charge on any atom is -0.310 e. The summed E-state index contributed by atoms with van der Waals surface area (Å²) in [4.78, 5) is 0. The molecule has 0 aliphatic heterocycles. The van der Waals surface area contributed by atoms with Gasteiger partial charge in [-0.3, -0.25) is 0 Å². The zero-order valence-corrected chi connectivity index (χ0v) is 13.7. The molecule has 0 spiro atoms. The van der Waals surface area contributed by atoms with Crippen LogP contribution in [0.4, 0.5) is 0 Å². The van der Waals surface area contributed by atoms with Crippen molar-refractivity contribution in [2.75, 3.05) is 6.54 Å². The third-order valence-corrected chi connectivity index (χ3v) is 4.98. The van der Waals surface area contributed by atoms with Crippen LogP contribution in [-0.4, -0.2) is 6.54 Å². The van der Waals surface area contributed by atoms with Gasteiger partial charge in [0.1, 0.15) is 0 Å². The van der Waals surface area contributed by atoms with Crippen molar-refractivity contribution in [3.05, 3.63) is 34.3 Å².